The predicted octanol–water partition coefficient (Wildman–Crippen LogP) is 1.58. The van der Waals surface area contributed by atoms with E-state index in [9.17, 15) is 4.79 Å². The fourth-order valence-electron chi connectivity index (χ4n) is 2.11. The first-order chi connectivity index (χ1) is 8.26. The average molecular weight is 231 g/mol. The quantitative estimate of drug-likeness (QED) is 0.477. The molecule has 0 fully saturated rings. The fraction of sp³-hybridized carbons (Fsp3) is 0.308. The number of nitrogens with two attached hydrogens (primary N) is 1. The van der Waals surface area contributed by atoms with Crippen LogP contribution >= 0.6 is 0 Å². The normalized spacial score (nSPS) is 10.7. The van der Waals surface area contributed by atoms with E-state index in [0.717, 1.165) is 6.42 Å². The maximum Gasteiger partial charge on any atom is 0.235 e. The van der Waals surface area contributed by atoms with Crippen molar-refractivity contribution in [1.29, 1.82) is 0 Å². The summed E-state index contributed by atoms with van der Waals surface area (Å²) in [5, 5.41) is 1.22. The molecular formula is C13H17N3O. The van der Waals surface area contributed by atoms with Crippen LogP contribution < -0.4 is 11.3 Å². The van der Waals surface area contributed by atoms with E-state index in [1.807, 2.05) is 6.20 Å². The van der Waals surface area contributed by atoms with Crippen LogP contribution in [0.2, 0.25) is 0 Å². The average Bonchev–Trinajstić information content (AvgIpc) is 2.79. The summed E-state index contributed by atoms with van der Waals surface area (Å²) in [5.41, 5.74) is 4.68. The topological polar surface area (TPSA) is 60.0 Å². The summed E-state index contributed by atoms with van der Waals surface area (Å²) in [6.45, 7) is 2.79. The zero-order valence-electron chi connectivity index (χ0n) is 9.94. The number of para-hydroxylation sites is 1. The molecule has 1 aromatic heterocycles. The van der Waals surface area contributed by atoms with Crippen LogP contribution in [0.5, 0.6) is 0 Å². The number of carbonyl (C=O) groups excluding carboxylic acids is 1. The SMILES string of the molecule is CCc1cccc2ccn(CCC(=O)NN)c12. The molecule has 0 aliphatic carbocycles. The first-order valence-corrected chi connectivity index (χ1v) is 5.82. The Morgan fingerprint density at radius 2 is 2.24 bits per heavy atom. The molecule has 0 aliphatic heterocycles. The van der Waals surface area contributed by atoms with Crippen LogP contribution in [-0.4, -0.2) is 10.5 Å². The molecule has 1 aromatic carbocycles. The number of hydrazine groups is 1. The van der Waals surface area contributed by atoms with Crippen LogP contribution in [0.4, 0.5) is 0 Å². The minimum Gasteiger partial charge on any atom is -0.347 e. The monoisotopic (exact) mass is 231 g/mol. The largest absolute Gasteiger partial charge is 0.347 e. The molecule has 0 aliphatic rings. The van der Waals surface area contributed by atoms with Crippen LogP contribution in [0.1, 0.15) is 18.9 Å². The van der Waals surface area contributed by atoms with Crippen molar-refractivity contribution in [3.8, 4) is 0 Å². The molecule has 4 heteroatoms. The molecule has 2 aromatic rings. The Bertz CT molecular complexity index is 530. The van der Waals surface area contributed by atoms with Crippen molar-refractivity contribution in [2.45, 2.75) is 26.3 Å². The number of fused-ring (bicyclic) bond motifs is 1. The second kappa shape index (κ2) is 5.01. The van der Waals surface area contributed by atoms with Gasteiger partial charge in [0.25, 0.3) is 0 Å². The zero-order chi connectivity index (χ0) is 12.3. The number of hydrogen-bond acceptors (Lipinski definition) is 2. The first kappa shape index (κ1) is 11.7. The Balaban J connectivity index is 2.31. The number of nitrogens with zero attached hydrogens (tertiary/aromatic N) is 1. The zero-order valence-corrected chi connectivity index (χ0v) is 9.94. The highest BCUT2D eigenvalue weighted by molar-refractivity contribution is 5.83. The van der Waals surface area contributed by atoms with Gasteiger partial charge in [0.05, 0.1) is 5.52 Å². The number of amides is 1. The molecule has 3 N–H and O–H groups in total. The molecule has 0 radical (unpaired) electrons. The Kier molecular flexibility index (Phi) is 3.44. The summed E-state index contributed by atoms with van der Waals surface area (Å²) in [5.74, 6) is 4.93. The molecule has 0 saturated carbocycles. The number of carbonyl (C=O) groups is 1. The maximum atomic E-state index is 11.1. The fourth-order valence-corrected chi connectivity index (χ4v) is 2.11. The van der Waals surface area contributed by atoms with Gasteiger partial charge in [-0.3, -0.25) is 10.2 Å². The Morgan fingerprint density at radius 3 is 2.94 bits per heavy atom. The summed E-state index contributed by atoms with van der Waals surface area (Å²) in [4.78, 5) is 11.1. The second-order valence-corrected chi connectivity index (χ2v) is 4.04. The lowest BCUT2D eigenvalue weighted by Gasteiger charge is -2.08. The number of nitrogens with one attached hydrogen (secondary N) is 1. The molecule has 0 bridgehead atoms. The molecule has 0 unspecified atom stereocenters. The smallest absolute Gasteiger partial charge is 0.235 e. The van der Waals surface area contributed by atoms with Crippen molar-refractivity contribution in [2.24, 2.45) is 5.84 Å². The highest BCUT2D eigenvalue weighted by Gasteiger charge is 2.06. The van der Waals surface area contributed by atoms with Gasteiger partial charge in [-0.25, -0.2) is 5.84 Å². The molecule has 1 heterocycles. The standard InChI is InChI=1S/C13H17N3O/c1-2-10-4-3-5-11-6-8-16(13(10)11)9-7-12(17)15-14/h3-6,8H,2,7,9,14H2,1H3,(H,15,17). The van der Waals surface area contributed by atoms with Gasteiger partial charge in [0.1, 0.15) is 0 Å². The van der Waals surface area contributed by atoms with Gasteiger partial charge in [0.15, 0.2) is 0 Å². The van der Waals surface area contributed by atoms with Crippen LogP contribution in [0.15, 0.2) is 30.5 Å². The number of hydrogen-bond donors (Lipinski definition) is 2. The third-order valence-corrected chi connectivity index (χ3v) is 2.99. The maximum absolute atomic E-state index is 11.1. The lowest BCUT2D eigenvalue weighted by Crippen LogP contribution is -2.30. The lowest BCUT2D eigenvalue weighted by atomic mass is 10.1. The summed E-state index contributed by atoms with van der Waals surface area (Å²) in [6.07, 6.45) is 3.41. The van der Waals surface area contributed by atoms with E-state index >= 15 is 0 Å². The summed E-state index contributed by atoms with van der Waals surface area (Å²) in [7, 11) is 0. The first-order valence-electron chi connectivity index (χ1n) is 5.82. The van der Waals surface area contributed by atoms with E-state index in [1.54, 1.807) is 0 Å². The number of aromatic nitrogens is 1. The van der Waals surface area contributed by atoms with Crippen molar-refractivity contribution in [2.75, 3.05) is 0 Å². The summed E-state index contributed by atoms with van der Waals surface area (Å²) >= 11 is 0. The van der Waals surface area contributed by atoms with Gasteiger partial charge in [-0.05, 0) is 23.4 Å². The second-order valence-electron chi connectivity index (χ2n) is 4.04. The third-order valence-electron chi connectivity index (χ3n) is 2.99. The number of benzene rings is 1. The van der Waals surface area contributed by atoms with Gasteiger partial charge >= 0.3 is 0 Å². The molecule has 1 amide bonds. The van der Waals surface area contributed by atoms with E-state index in [-0.39, 0.29) is 5.91 Å². The van der Waals surface area contributed by atoms with Crippen molar-refractivity contribution in [1.82, 2.24) is 9.99 Å². The minimum absolute atomic E-state index is 0.138. The molecule has 0 atom stereocenters. The number of aryl methyl sites for hydroxylation is 2. The van der Waals surface area contributed by atoms with Crippen LogP contribution in [0, 0.1) is 0 Å². The van der Waals surface area contributed by atoms with Crippen molar-refractivity contribution in [3.63, 3.8) is 0 Å². The van der Waals surface area contributed by atoms with Gasteiger partial charge in [-0.15, -0.1) is 0 Å². The van der Waals surface area contributed by atoms with E-state index < -0.39 is 0 Å². The van der Waals surface area contributed by atoms with Crippen molar-refractivity contribution < 1.29 is 4.79 Å². The molecule has 17 heavy (non-hydrogen) atoms. The van der Waals surface area contributed by atoms with Gasteiger partial charge in [0, 0.05) is 19.2 Å². The summed E-state index contributed by atoms with van der Waals surface area (Å²) < 4.78 is 2.11. The molecule has 0 spiro atoms. The van der Waals surface area contributed by atoms with E-state index in [0.29, 0.717) is 13.0 Å². The Hall–Kier alpha value is -1.81. The van der Waals surface area contributed by atoms with Crippen molar-refractivity contribution >= 4 is 16.8 Å². The Morgan fingerprint density at radius 1 is 1.41 bits per heavy atom. The molecule has 4 nitrogen and oxygen atoms in total. The van der Waals surface area contributed by atoms with E-state index in [1.165, 1.54) is 16.5 Å². The minimum atomic E-state index is -0.138. The van der Waals surface area contributed by atoms with Gasteiger partial charge in [0.2, 0.25) is 5.91 Å². The molecule has 90 valence electrons. The lowest BCUT2D eigenvalue weighted by molar-refractivity contribution is -0.121. The highest BCUT2D eigenvalue weighted by atomic mass is 16.2. The van der Waals surface area contributed by atoms with E-state index in [2.05, 4.69) is 41.2 Å². The van der Waals surface area contributed by atoms with Gasteiger partial charge in [-0.2, -0.15) is 0 Å². The van der Waals surface area contributed by atoms with Gasteiger partial charge < -0.3 is 4.57 Å². The van der Waals surface area contributed by atoms with Gasteiger partial charge in [-0.1, -0.05) is 25.1 Å². The van der Waals surface area contributed by atoms with Crippen molar-refractivity contribution in [3.05, 3.63) is 36.0 Å². The highest BCUT2D eigenvalue weighted by Crippen LogP contribution is 2.21. The summed E-state index contributed by atoms with van der Waals surface area (Å²) in [6, 6.07) is 8.36. The Labute approximate surface area is 100 Å². The predicted molar refractivity (Wildman–Crippen MR) is 68.3 cm³/mol. The molecular weight excluding hydrogens is 214 g/mol. The van der Waals surface area contributed by atoms with Crippen LogP contribution in [-0.2, 0) is 17.8 Å². The molecule has 2 rings (SSSR count). The van der Waals surface area contributed by atoms with E-state index in [4.69, 9.17) is 5.84 Å². The number of rotatable bonds is 4. The van der Waals surface area contributed by atoms with Crippen LogP contribution in [0.25, 0.3) is 10.9 Å². The van der Waals surface area contributed by atoms with Crippen LogP contribution in [0.3, 0.4) is 0 Å². The third kappa shape index (κ3) is 2.31. The molecule has 0 saturated heterocycles.